The third kappa shape index (κ3) is 5.17. The molecule has 0 saturated heterocycles. The van der Waals surface area contributed by atoms with Crippen molar-refractivity contribution in [3.8, 4) is 6.07 Å². The molecule has 0 spiro atoms. The van der Waals surface area contributed by atoms with Gasteiger partial charge in [0, 0.05) is 17.9 Å². The van der Waals surface area contributed by atoms with Crippen LogP contribution in [0, 0.1) is 11.3 Å². The number of carbonyl (C=O) groups excluding carboxylic acids is 1. The summed E-state index contributed by atoms with van der Waals surface area (Å²) in [6.07, 6.45) is 1.33. The summed E-state index contributed by atoms with van der Waals surface area (Å²) in [6.45, 7) is 1.90. The van der Waals surface area contributed by atoms with E-state index in [2.05, 4.69) is 10.6 Å². The predicted molar refractivity (Wildman–Crippen MR) is 96.6 cm³/mol. The van der Waals surface area contributed by atoms with Crippen LogP contribution in [0.3, 0.4) is 0 Å². The van der Waals surface area contributed by atoms with E-state index in [0.717, 1.165) is 17.7 Å². The molecule has 0 aliphatic heterocycles. The lowest BCUT2D eigenvalue weighted by atomic mass is 10.1. The SMILES string of the molecule is CC(N/C=C(/C#N)C(=O)Nc1ccc(S(=O)(=O)O)cc1)c1ccccc1. The molecule has 0 aliphatic carbocycles. The molecule has 26 heavy (non-hydrogen) atoms. The minimum Gasteiger partial charge on any atom is -0.383 e. The highest BCUT2D eigenvalue weighted by atomic mass is 32.2. The van der Waals surface area contributed by atoms with Crippen LogP contribution in [0.15, 0.2) is 71.3 Å². The highest BCUT2D eigenvalue weighted by Crippen LogP contribution is 2.15. The zero-order valence-corrected chi connectivity index (χ0v) is 14.7. The van der Waals surface area contributed by atoms with Gasteiger partial charge in [-0.3, -0.25) is 9.35 Å². The second kappa shape index (κ2) is 8.29. The molecule has 1 amide bonds. The minimum absolute atomic E-state index is 0.0959. The summed E-state index contributed by atoms with van der Waals surface area (Å²) in [6, 6.07) is 16.2. The molecule has 2 rings (SSSR count). The quantitative estimate of drug-likeness (QED) is 0.408. The number of nitriles is 1. The van der Waals surface area contributed by atoms with Crippen LogP contribution in [0.2, 0.25) is 0 Å². The van der Waals surface area contributed by atoms with Gasteiger partial charge in [-0.2, -0.15) is 13.7 Å². The third-order valence-corrected chi connectivity index (χ3v) is 4.42. The maximum Gasteiger partial charge on any atom is 0.294 e. The Balaban J connectivity index is 2.05. The van der Waals surface area contributed by atoms with Gasteiger partial charge in [0.2, 0.25) is 0 Å². The van der Waals surface area contributed by atoms with Gasteiger partial charge in [0.05, 0.1) is 4.90 Å². The van der Waals surface area contributed by atoms with Crippen LogP contribution in [0.25, 0.3) is 0 Å². The zero-order chi connectivity index (χ0) is 19.2. The topological polar surface area (TPSA) is 119 Å². The standard InChI is InChI=1S/C18H17N3O4S/c1-13(14-5-3-2-4-6-14)20-12-15(11-19)18(22)21-16-7-9-17(10-8-16)26(23,24)25/h2-10,12-13,20H,1H3,(H,21,22)(H,23,24,25)/b15-12-. The molecule has 8 heteroatoms. The Morgan fingerprint density at radius 3 is 2.31 bits per heavy atom. The maximum absolute atomic E-state index is 12.2. The fraction of sp³-hybridized carbons (Fsp3) is 0.111. The summed E-state index contributed by atoms with van der Waals surface area (Å²) in [7, 11) is -4.30. The van der Waals surface area contributed by atoms with Crippen molar-refractivity contribution in [3.63, 3.8) is 0 Å². The summed E-state index contributed by atoms with van der Waals surface area (Å²) in [5.41, 5.74) is 1.16. The van der Waals surface area contributed by atoms with Crippen LogP contribution in [-0.2, 0) is 14.9 Å². The molecule has 7 nitrogen and oxygen atoms in total. The molecule has 0 saturated carbocycles. The van der Waals surface area contributed by atoms with E-state index < -0.39 is 16.0 Å². The van der Waals surface area contributed by atoms with E-state index in [1.807, 2.05) is 43.3 Å². The average molecular weight is 371 g/mol. The summed E-state index contributed by atoms with van der Waals surface area (Å²) in [5, 5.41) is 14.7. The van der Waals surface area contributed by atoms with E-state index in [9.17, 15) is 18.5 Å². The molecule has 134 valence electrons. The Labute approximate surface area is 151 Å². The highest BCUT2D eigenvalue weighted by molar-refractivity contribution is 7.85. The number of amides is 1. The van der Waals surface area contributed by atoms with E-state index in [1.54, 1.807) is 0 Å². The molecule has 0 heterocycles. The first-order valence-corrected chi connectivity index (χ1v) is 9.05. The van der Waals surface area contributed by atoms with E-state index in [1.165, 1.54) is 18.3 Å². The Morgan fingerprint density at radius 2 is 1.77 bits per heavy atom. The van der Waals surface area contributed by atoms with Crippen molar-refractivity contribution in [2.24, 2.45) is 0 Å². The molecular weight excluding hydrogens is 354 g/mol. The van der Waals surface area contributed by atoms with Gasteiger partial charge in [-0.25, -0.2) is 0 Å². The molecule has 0 fully saturated rings. The van der Waals surface area contributed by atoms with Crippen molar-refractivity contribution in [1.29, 1.82) is 5.26 Å². The van der Waals surface area contributed by atoms with E-state index >= 15 is 0 Å². The van der Waals surface area contributed by atoms with Gasteiger partial charge in [-0.15, -0.1) is 0 Å². The van der Waals surface area contributed by atoms with Gasteiger partial charge in [0.15, 0.2) is 0 Å². The third-order valence-electron chi connectivity index (χ3n) is 3.55. The second-order valence-electron chi connectivity index (χ2n) is 5.42. The van der Waals surface area contributed by atoms with Crippen LogP contribution >= 0.6 is 0 Å². The number of nitrogens with one attached hydrogen (secondary N) is 2. The fourth-order valence-corrected chi connectivity index (χ4v) is 2.58. The van der Waals surface area contributed by atoms with Gasteiger partial charge in [0.1, 0.15) is 11.6 Å². The largest absolute Gasteiger partial charge is 0.383 e. The average Bonchev–Trinajstić information content (AvgIpc) is 2.62. The minimum atomic E-state index is -4.30. The smallest absolute Gasteiger partial charge is 0.294 e. The Hall–Kier alpha value is -3.15. The van der Waals surface area contributed by atoms with Gasteiger partial charge >= 0.3 is 0 Å². The molecule has 0 bridgehead atoms. The first-order chi connectivity index (χ1) is 12.3. The number of nitrogens with zero attached hydrogens (tertiary/aromatic N) is 1. The van der Waals surface area contributed by atoms with Crippen LogP contribution < -0.4 is 10.6 Å². The molecule has 1 unspecified atom stereocenters. The lowest BCUT2D eigenvalue weighted by molar-refractivity contribution is -0.112. The highest BCUT2D eigenvalue weighted by Gasteiger charge is 2.12. The van der Waals surface area contributed by atoms with Crippen molar-refractivity contribution < 1.29 is 17.8 Å². The number of rotatable bonds is 6. The molecule has 1 atom stereocenters. The summed E-state index contributed by atoms with van der Waals surface area (Å²) < 4.78 is 30.9. The van der Waals surface area contributed by atoms with E-state index in [-0.39, 0.29) is 16.5 Å². The molecule has 0 aromatic heterocycles. The number of hydrogen-bond acceptors (Lipinski definition) is 5. The first kappa shape index (κ1) is 19.2. The van der Waals surface area contributed by atoms with Crippen molar-refractivity contribution >= 4 is 21.7 Å². The van der Waals surface area contributed by atoms with Gasteiger partial charge in [-0.1, -0.05) is 30.3 Å². The van der Waals surface area contributed by atoms with E-state index in [0.29, 0.717) is 5.69 Å². The molecular formula is C18H17N3O4S. The van der Waals surface area contributed by atoms with Crippen molar-refractivity contribution in [3.05, 3.63) is 71.9 Å². The molecule has 0 radical (unpaired) electrons. The Morgan fingerprint density at radius 1 is 1.15 bits per heavy atom. The zero-order valence-electron chi connectivity index (χ0n) is 13.9. The molecule has 0 aliphatic rings. The fourth-order valence-electron chi connectivity index (χ4n) is 2.10. The summed E-state index contributed by atoms with van der Waals surface area (Å²) in [5.74, 6) is -0.639. The summed E-state index contributed by atoms with van der Waals surface area (Å²) >= 11 is 0. The van der Waals surface area contributed by atoms with Gasteiger partial charge in [0.25, 0.3) is 16.0 Å². The van der Waals surface area contributed by atoms with Crippen LogP contribution in [-0.4, -0.2) is 18.9 Å². The molecule has 3 N–H and O–H groups in total. The number of benzene rings is 2. The van der Waals surface area contributed by atoms with Gasteiger partial charge in [-0.05, 0) is 36.8 Å². The first-order valence-electron chi connectivity index (χ1n) is 7.61. The predicted octanol–water partition coefficient (Wildman–Crippen LogP) is 2.63. The lowest BCUT2D eigenvalue weighted by Crippen LogP contribution is -2.18. The van der Waals surface area contributed by atoms with E-state index in [4.69, 9.17) is 4.55 Å². The second-order valence-corrected chi connectivity index (χ2v) is 6.84. The summed E-state index contributed by atoms with van der Waals surface area (Å²) in [4.78, 5) is 11.9. The number of carbonyl (C=O) groups is 1. The lowest BCUT2D eigenvalue weighted by Gasteiger charge is -2.12. The Bertz CT molecular complexity index is 946. The normalized spacial score (nSPS) is 12.7. The Kier molecular flexibility index (Phi) is 6.11. The number of hydrogen-bond donors (Lipinski definition) is 3. The van der Waals surface area contributed by atoms with Crippen molar-refractivity contribution in [1.82, 2.24) is 5.32 Å². The van der Waals surface area contributed by atoms with Crippen LogP contribution in [0.1, 0.15) is 18.5 Å². The number of anilines is 1. The van der Waals surface area contributed by atoms with Gasteiger partial charge < -0.3 is 10.6 Å². The van der Waals surface area contributed by atoms with Crippen molar-refractivity contribution in [2.45, 2.75) is 17.9 Å². The molecule has 2 aromatic carbocycles. The van der Waals surface area contributed by atoms with Crippen LogP contribution in [0.5, 0.6) is 0 Å². The van der Waals surface area contributed by atoms with Crippen molar-refractivity contribution in [2.75, 3.05) is 5.32 Å². The monoisotopic (exact) mass is 371 g/mol. The van der Waals surface area contributed by atoms with Crippen LogP contribution in [0.4, 0.5) is 5.69 Å². The molecule has 2 aromatic rings. The maximum atomic E-state index is 12.2.